The zero-order chi connectivity index (χ0) is 13.9. The van der Waals surface area contributed by atoms with Crippen molar-refractivity contribution in [1.29, 1.82) is 0 Å². The van der Waals surface area contributed by atoms with Gasteiger partial charge in [-0.3, -0.25) is 0 Å². The summed E-state index contributed by atoms with van der Waals surface area (Å²) in [6.45, 7) is 1.74. The number of rotatable bonds is 4. The Labute approximate surface area is 118 Å². The second-order valence-corrected chi connectivity index (χ2v) is 6.68. The summed E-state index contributed by atoms with van der Waals surface area (Å²) in [6, 6.07) is 4.81. The van der Waals surface area contributed by atoms with E-state index in [0.717, 1.165) is 13.0 Å². The van der Waals surface area contributed by atoms with Crippen molar-refractivity contribution in [2.24, 2.45) is 5.14 Å². The van der Waals surface area contributed by atoms with Crippen molar-refractivity contribution >= 4 is 27.3 Å². The molecule has 1 aliphatic rings. The number of primary sulfonamides is 1. The molecule has 1 unspecified atom stereocenters. The highest BCUT2D eigenvalue weighted by Crippen LogP contribution is 2.25. The molecule has 1 atom stereocenters. The van der Waals surface area contributed by atoms with Gasteiger partial charge < -0.3 is 10.6 Å². The Balaban J connectivity index is 2.06. The van der Waals surface area contributed by atoms with Gasteiger partial charge in [0.1, 0.15) is 0 Å². The van der Waals surface area contributed by atoms with Crippen LogP contribution in [0.5, 0.6) is 0 Å². The largest absolute Gasteiger partial charge is 0.382 e. The number of hydrogen-bond donors (Lipinski definition) is 3. The first-order chi connectivity index (χ1) is 8.97. The van der Waals surface area contributed by atoms with Gasteiger partial charge in [0.25, 0.3) is 0 Å². The van der Waals surface area contributed by atoms with Crippen LogP contribution in [0.1, 0.15) is 19.3 Å². The molecule has 1 saturated heterocycles. The Morgan fingerprint density at radius 2 is 2.21 bits per heavy atom. The molecule has 1 fully saturated rings. The normalized spacial score (nSPS) is 20.2. The molecule has 0 aliphatic carbocycles. The minimum absolute atomic E-state index is 0.0657. The molecule has 0 spiro atoms. The van der Waals surface area contributed by atoms with Crippen LogP contribution in [-0.4, -0.2) is 27.5 Å². The van der Waals surface area contributed by atoms with Crippen LogP contribution < -0.4 is 15.8 Å². The van der Waals surface area contributed by atoms with Gasteiger partial charge in [-0.2, -0.15) is 0 Å². The van der Waals surface area contributed by atoms with E-state index in [-0.39, 0.29) is 4.90 Å². The first kappa shape index (κ1) is 14.6. The fourth-order valence-electron chi connectivity index (χ4n) is 2.15. The van der Waals surface area contributed by atoms with E-state index in [9.17, 15) is 8.42 Å². The minimum Gasteiger partial charge on any atom is -0.382 e. The van der Waals surface area contributed by atoms with Crippen LogP contribution >= 0.6 is 11.6 Å². The molecule has 1 aromatic carbocycles. The molecule has 1 aliphatic heterocycles. The number of nitrogens with two attached hydrogens (primary N) is 1. The number of nitrogens with one attached hydrogen (secondary N) is 2. The smallest absolute Gasteiger partial charge is 0.238 e. The second kappa shape index (κ2) is 6.09. The van der Waals surface area contributed by atoms with Crippen LogP contribution in [0.2, 0.25) is 5.02 Å². The molecule has 19 heavy (non-hydrogen) atoms. The van der Waals surface area contributed by atoms with Crippen LogP contribution in [0.25, 0.3) is 0 Å². The van der Waals surface area contributed by atoms with E-state index in [4.69, 9.17) is 16.7 Å². The van der Waals surface area contributed by atoms with E-state index in [1.165, 1.54) is 31.0 Å². The Morgan fingerprint density at radius 3 is 2.84 bits per heavy atom. The zero-order valence-corrected chi connectivity index (χ0v) is 12.1. The number of sulfonamides is 1. The standard InChI is InChI=1S/C12H18ClN3O2S/c13-11-5-4-10(19(14,17)18)7-12(11)16-8-9-3-1-2-6-15-9/h4-5,7,9,15-16H,1-3,6,8H2,(H2,14,17,18). The van der Waals surface area contributed by atoms with Crippen molar-refractivity contribution < 1.29 is 8.42 Å². The Hall–Kier alpha value is -0.820. The number of benzene rings is 1. The molecule has 0 radical (unpaired) electrons. The summed E-state index contributed by atoms with van der Waals surface area (Å²) in [5.41, 5.74) is 0.598. The Bertz CT molecular complexity index is 542. The predicted molar refractivity (Wildman–Crippen MR) is 77.0 cm³/mol. The summed E-state index contributed by atoms with van der Waals surface area (Å²) in [4.78, 5) is 0.0657. The van der Waals surface area contributed by atoms with Gasteiger partial charge in [-0.05, 0) is 37.6 Å². The van der Waals surface area contributed by atoms with E-state index in [1.807, 2.05) is 0 Å². The average Bonchev–Trinajstić information content (AvgIpc) is 2.37. The zero-order valence-electron chi connectivity index (χ0n) is 10.5. The lowest BCUT2D eigenvalue weighted by Crippen LogP contribution is -2.39. The molecular formula is C12H18ClN3O2S. The lowest BCUT2D eigenvalue weighted by atomic mass is 10.1. The monoisotopic (exact) mass is 303 g/mol. The first-order valence-corrected chi connectivity index (χ1v) is 8.19. The van der Waals surface area contributed by atoms with Gasteiger partial charge in [0.2, 0.25) is 10.0 Å². The maximum atomic E-state index is 11.3. The summed E-state index contributed by atoms with van der Waals surface area (Å²) in [7, 11) is -3.70. The maximum Gasteiger partial charge on any atom is 0.238 e. The summed E-state index contributed by atoms with van der Waals surface area (Å²) in [5, 5.41) is 12.2. The molecule has 4 N–H and O–H groups in total. The third-order valence-electron chi connectivity index (χ3n) is 3.22. The summed E-state index contributed by atoms with van der Waals surface area (Å²) in [5.74, 6) is 0. The molecule has 0 bridgehead atoms. The van der Waals surface area contributed by atoms with E-state index in [2.05, 4.69) is 10.6 Å². The lowest BCUT2D eigenvalue weighted by molar-refractivity contribution is 0.414. The van der Waals surface area contributed by atoms with Crippen molar-refractivity contribution in [3.8, 4) is 0 Å². The van der Waals surface area contributed by atoms with Crippen molar-refractivity contribution in [3.05, 3.63) is 23.2 Å². The van der Waals surface area contributed by atoms with E-state index in [1.54, 1.807) is 0 Å². The van der Waals surface area contributed by atoms with Crippen LogP contribution in [0.4, 0.5) is 5.69 Å². The average molecular weight is 304 g/mol. The molecule has 0 saturated carbocycles. The lowest BCUT2D eigenvalue weighted by Gasteiger charge is -2.24. The van der Waals surface area contributed by atoms with Crippen molar-refractivity contribution in [2.75, 3.05) is 18.4 Å². The van der Waals surface area contributed by atoms with E-state index in [0.29, 0.717) is 23.3 Å². The van der Waals surface area contributed by atoms with Crippen molar-refractivity contribution in [3.63, 3.8) is 0 Å². The molecular weight excluding hydrogens is 286 g/mol. The van der Waals surface area contributed by atoms with Gasteiger partial charge in [-0.25, -0.2) is 13.6 Å². The maximum absolute atomic E-state index is 11.3. The Morgan fingerprint density at radius 1 is 1.42 bits per heavy atom. The number of piperidine rings is 1. The van der Waals surface area contributed by atoms with Crippen molar-refractivity contribution in [2.45, 2.75) is 30.2 Å². The molecule has 2 rings (SSSR count). The second-order valence-electron chi connectivity index (χ2n) is 4.71. The molecule has 1 aromatic rings. The minimum atomic E-state index is -3.70. The van der Waals surface area contributed by atoms with Gasteiger partial charge in [-0.15, -0.1) is 0 Å². The molecule has 7 heteroatoms. The summed E-state index contributed by atoms with van der Waals surface area (Å²) in [6.07, 6.45) is 3.53. The van der Waals surface area contributed by atoms with Crippen LogP contribution in [0.3, 0.4) is 0 Å². The number of halogens is 1. The molecule has 0 amide bonds. The van der Waals surface area contributed by atoms with Gasteiger partial charge >= 0.3 is 0 Å². The molecule has 0 aromatic heterocycles. The third-order valence-corrected chi connectivity index (χ3v) is 4.46. The highest BCUT2D eigenvalue weighted by atomic mass is 35.5. The molecule has 5 nitrogen and oxygen atoms in total. The van der Waals surface area contributed by atoms with E-state index >= 15 is 0 Å². The highest BCUT2D eigenvalue weighted by Gasteiger charge is 2.14. The Kier molecular flexibility index (Phi) is 4.67. The number of hydrogen-bond acceptors (Lipinski definition) is 4. The molecule has 106 valence electrons. The predicted octanol–water partition coefficient (Wildman–Crippen LogP) is 1.54. The fourth-order valence-corrected chi connectivity index (χ4v) is 2.87. The van der Waals surface area contributed by atoms with Crippen LogP contribution in [0, 0.1) is 0 Å². The first-order valence-electron chi connectivity index (χ1n) is 6.26. The van der Waals surface area contributed by atoms with Crippen LogP contribution in [0.15, 0.2) is 23.1 Å². The van der Waals surface area contributed by atoms with Crippen LogP contribution in [-0.2, 0) is 10.0 Å². The number of anilines is 1. The van der Waals surface area contributed by atoms with Crippen molar-refractivity contribution in [1.82, 2.24) is 5.32 Å². The fraction of sp³-hybridized carbons (Fsp3) is 0.500. The summed E-state index contributed by atoms with van der Waals surface area (Å²) < 4.78 is 22.6. The quantitative estimate of drug-likeness (QED) is 0.788. The summed E-state index contributed by atoms with van der Waals surface area (Å²) >= 11 is 6.05. The topological polar surface area (TPSA) is 84.2 Å². The van der Waals surface area contributed by atoms with Gasteiger partial charge in [-0.1, -0.05) is 18.0 Å². The third kappa shape index (κ3) is 4.07. The molecule has 1 heterocycles. The highest BCUT2D eigenvalue weighted by molar-refractivity contribution is 7.89. The van der Waals surface area contributed by atoms with Gasteiger partial charge in [0.05, 0.1) is 15.6 Å². The van der Waals surface area contributed by atoms with Gasteiger partial charge in [0.15, 0.2) is 0 Å². The van der Waals surface area contributed by atoms with Gasteiger partial charge in [0, 0.05) is 12.6 Å². The SMILES string of the molecule is NS(=O)(=O)c1ccc(Cl)c(NCC2CCCCN2)c1. The van der Waals surface area contributed by atoms with E-state index < -0.39 is 10.0 Å².